The molecule has 0 fully saturated rings. The van der Waals surface area contributed by atoms with Crippen molar-refractivity contribution in [3.63, 3.8) is 0 Å². The van der Waals surface area contributed by atoms with E-state index in [4.69, 9.17) is 5.11 Å². The predicted octanol–water partition coefficient (Wildman–Crippen LogP) is 1.32. The Kier molecular flexibility index (Phi) is 4.78. The summed E-state index contributed by atoms with van der Waals surface area (Å²) < 4.78 is 1.92. The minimum atomic E-state index is -0.233. The van der Waals surface area contributed by atoms with Gasteiger partial charge in [0, 0.05) is 24.3 Å². The molecule has 4 nitrogen and oxygen atoms in total. The van der Waals surface area contributed by atoms with Gasteiger partial charge < -0.3 is 10.4 Å². The first-order valence-corrected chi connectivity index (χ1v) is 5.57. The second-order valence-electron chi connectivity index (χ2n) is 3.94. The minimum absolute atomic E-state index is 0.233. The van der Waals surface area contributed by atoms with Gasteiger partial charge in [-0.25, -0.2) is 0 Å². The number of hydrogen-bond acceptors (Lipinski definition) is 3. The van der Waals surface area contributed by atoms with Gasteiger partial charge in [0.1, 0.15) is 0 Å². The second kappa shape index (κ2) is 5.88. The number of aryl methyl sites for hydroxylation is 1. The van der Waals surface area contributed by atoms with Crippen LogP contribution < -0.4 is 5.32 Å². The van der Waals surface area contributed by atoms with Crippen LogP contribution in [0.1, 0.15) is 38.8 Å². The molecule has 0 bridgehead atoms. The van der Waals surface area contributed by atoms with Gasteiger partial charge in [0.15, 0.2) is 0 Å². The van der Waals surface area contributed by atoms with E-state index in [-0.39, 0.29) is 6.10 Å². The fourth-order valence-corrected chi connectivity index (χ4v) is 1.40. The van der Waals surface area contributed by atoms with Gasteiger partial charge in [0.05, 0.1) is 12.3 Å². The number of rotatable bonds is 6. The molecule has 0 spiro atoms. The summed E-state index contributed by atoms with van der Waals surface area (Å²) in [6.07, 6.45) is 4.50. The maximum absolute atomic E-state index is 9.12. The van der Waals surface area contributed by atoms with Crippen LogP contribution in [0.5, 0.6) is 0 Å². The van der Waals surface area contributed by atoms with Gasteiger partial charge in [-0.2, -0.15) is 5.10 Å². The topological polar surface area (TPSA) is 50.1 Å². The van der Waals surface area contributed by atoms with E-state index < -0.39 is 0 Å². The predicted molar refractivity (Wildman–Crippen MR) is 60.6 cm³/mol. The Bertz CT molecular complexity index is 283. The highest BCUT2D eigenvalue weighted by Crippen LogP contribution is 2.10. The van der Waals surface area contributed by atoms with Gasteiger partial charge in [-0.15, -0.1) is 0 Å². The molecule has 0 aliphatic carbocycles. The average molecular weight is 211 g/mol. The normalized spacial score (nSPS) is 15.2. The number of nitrogens with zero attached hydrogens (tertiary/aromatic N) is 2. The van der Waals surface area contributed by atoms with Gasteiger partial charge in [-0.05, 0) is 33.7 Å². The highest BCUT2D eigenvalue weighted by molar-refractivity contribution is 5.08. The molecule has 0 amide bonds. The molecule has 0 saturated heterocycles. The van der Waals surface area contributed by atoms with Crippen LogP contribution in [0, 0.1) is 0 Å². The van der Waals surface area contributed by atoms with Crippen molar-refractivity contribution in [1.29, 1.82) is 0 Å². The molecule has 2 atom stereocenters. The van der Waals surface area contributed by atoms with Crippen molar-refractivity contribution in [2.45, 2.75) is 45.9 Å². The van der Waals surface area contributed by atoms with E-state index in [1.165, 1.54) is 5.56 Å². The van der Waals surface area contributed by atoms with Crippen molar-refractivity contribution >= 4 is 0 Å². The van der Waals surface area contributed by atoms with E-state index in [0.717, 1.165) is 19.5 Å². The molecular formula is C11H21N3O. The van der Waals surface area contributed by atoms with Gasteiger partial charge in [-0.1, -0.05) is 0 Å². The van der Waals surface area contributed by atoms with Gasteiger partial charge in [0.2, 0.25) is 0 Å². The molecule has 0 aliphatic rings. The lowest BCUT2D eigenvalue weighted by atomic mass is 10.2. The Balaban J connectivity index is 2.36. The molecule has 0 aliphatic heterocycles. The molecule has 0 saturated carbocycles. The largest absolute Gasteiger partial charge is 0.393 e. The van der Waals surface area contributed by atoms with Crippen LogP contribution in [-0.2, 0) is 6.54 Å². The standard InChI is InChI=1S/C11H21N3O/c1-4-14-8-11(7-13-14)10(3)12-6-5-9(2)15/h7-10,12,15H,4-6H2,1-3H3. The Labute approximate surface area is 91.3 Å². The molecule has 0 aromatic carbocycles. The highest BCUT2D eigenvalue weighted by Gasteiger charge is 2.07. The van der Waals surface area contributed by atoms with Crippen LogP contribution in [0.2, 0.25) is 0 Å². The first kappa shape index (κ1) is 12.2. The van der Waals surface area contributed by atoms with Crippen LogP contribution in [-0.4, -0.2) is 27.5 Å². The summed E-state index contributed by atoms with van der Waals surface area (Å²) >= 11 is 0. The zero-order valence-corrected chi connectivity index (χ0v) is 9.77. The third-order valence-corrected chi connectivity index (χ3v) is 2.49. The molecule has 86 valence electrons. The van der Waals surface area contributed by atoms with Crippen molar-refractivity contribution in [3.05, 3.63) is 18.0 Å². The molecule has 1 aromatic heterocycles. The van der Waals surface area contributed by atoms with Crippen LogP contribution in [0.3, 0.4) is 0 Å². The summed E-state index contributed by atoms with van der Waals surface area (Å²) in [6, 6.07) is 0.295. The summed E-state index contributed by atoms with van der Waals surface area (Å²) in [5, 5.41) is 16.7. The van der Waals surface area contributed by atoms with Crippen molar-refractivity contribution in [1.82, 2.24) is 15.1 Å². The fourth-order valence-electron chi connectivity index (χ4n) is 1.40. The monoisotopic (exact) mass is 211 g/mol. The molecule has 2 unspecified atom stereocenters. The van der Waals surface area contributed by atoms with Crippen molar-refractivity contribution in [2.24, 2.45) is 0 Å². The summed E-state index contributed by atoms with van der Waals surface area (Å²) in [4.78, 5) is 0. The molecule has 1 rings (SSSR count). The Morgan fingerprint density at radius 2 is 2.27 bits per heavy atom. The molecule has 15 heavy (non-hydrogen) atoms. The van der Waals surface area contributed by atoms with Crippen molar-refractivity contribution < 1.29 is 5.11 Å². The summed E-state index contributed by atoms with van der Waals surface area (Å²) in [5.74, 6) is 0. The van der Waals surface area contributed by atoms with Crippen LogP contribution in [0.4, 0.5) is 0 Å². The van der Waals surface area contributed by atoms with Crippen LogP contribution in [0.15, 0.2) is 12.4 Å². The zero-order valence-electron chi connectivity index (χ0n) is 9.77. The molecule has 1 heterocycles. The number of hydrogen-bond donors (Lipinski definition) is 2. The number of nitrogens with one attached hydrogen (secondary N) is 1. The smallest absolute Gasteiger partial charge is 0.0537 e. The van der Waals surface area contributed by atoms with E-state index in [0.29, 0.717) is 6.04 Å². The van der Waals surface area contributed by atoms with Crippen molar-refractivity contribution in [2.75, 3.05) is 6.54 Å². The Morgan fingerprint density at radius 1 is 1.53 bits per heavy atom. The fraction of sp³-hybridized carbons (Fsp3) is 0.727. The first-order valence-electron chi connectivity index (χ1n) is 5.57. The third kappa shape index (κ3) is 4.01. The quantitative estimate of drug-likeness (QED) is 0.746. The molecule has 4 heteroatoms. The maximum Gasteiger partial charge on any atom is 0.0537 e. The highest BCUT2D eigenvalue weighted by atomic mass is 16.3. The van der Waals surface area contributed by atoms with Crippen LogP contribution in [0.25, 0.3) is 0 Å². The lowest BCUT2D eigenvalue weighted by molar-refractivity contribution is 0.182. The van der Waals surface area contributed by atoms with E-state index in [9.17, 15) is 0 Å². The van der Waals surface area contributed by atoms with Crippen molar-refractivity contribution in [3.8, 4) is 0 Å². The van der Waals surface area contributed by atoms with E-state index in [1.807, 2.05) is 17.8 Å². The SMILES string of the molecule is CCn1cc(C(C)NCCC(C)O)cn1. The number of aromatic nitrogens is 2. The first-order chi connectivity index (χ1) is 7.13. The molecule has 0 radical (unpaired) electrons. The van der Waals surface area contributed by atoms with E-state index in [1.54, 1.807) is 0 Å². The molecule has 2 N–H and O–H groups in total. The summed E-state index contributed by atoms with van der Waals surface area (Å²) in [5.41, 5.74) is 1.20. The summed E-state index contributed by atoms with van der Waals surface area (Å²) in [7, 11) is 0. The number of aliphatic hydroxyl groups is 1. The van der Waals surface area contributed by atoms with Crippen LogP contribution >= 0.6 is 0 Å². The minimum Gasteiger partial charge on any atom is -0.393 e. The van der Waals surface area contributed by atoms with E-state index >= 15 is 0 Å². The van der Waals surface area contributed by atoms with E-state index in [2.05, 4.69) is 30.5 Å². The molecular weight excluding hydrogens is 190 g/mol. The third-order valence-electron chi connectivity index (χ3n) is 2.49. The van der Waals surface area contributed by atoms with Gasteiger partial charge >= 0.3 is 0 Å². The zero-order chi connectivity index (χ0) is 11.3. The summed E-state index contributed by atoms with van der Waals surface area (Å²) in [6.45, 7) is 7.72. The number of aliphatic hydroxyl groups excluding tert-OH is 1. The Morgan fingerprint density at radius 3 is 2.80 bits per heavy atom. The van der Waals surface area contributed by atoms with Gasteiger partial charge in [0.25, 0.3) is 0 Å². The lowest BCUT2D eigenvalue weighted by Crippen LogP contribution is -2.22. The Hall–Kier alpha value is -0.870. The molecule has 1 aromatic rings. The average Bonchev–Trinajstić information content (AvgIpc) is 2.65. The second-order valence-corrected chi connectivity index (χ2v) is 3.94. The maximum atomic E-state index is 9.12. The lowest BCUT2D eigenvalue weighted by Gasteiger charge is -2.12. The van der Waals surface area contributed by atoms with Gasteiger partial charge in [-0.3, -0.25) is 4.68 Å².